The number of nitrogens with zero attached hydrogens (tertiary/aromatic N) is 18. The van der Waals surface area contributed by atoms with Crippen molar-refractivity contribution in [2.75, 3.05) is 86.9 Å². The molecule has 9 aromatic rings. The van der Waals surface area contributed by atoms with Crippen molar-refractivity contribution >= 4 is 176 Å². The van der Waals surface area contributed by atoms with Crippen LogP contribution in [0.4, 0.5) is 39.9 Å². The van der Waals surface area contributed by atoms with E-state index in [2.05, 4.69) is 79.9 Å². The number of hydrogen-bond acceptors (Lipinski definition) is 51. The zero-order chi connectivity index (χ0) is 101. The number of ether oxygens (including phenoxy) is 16. The van der Waals surface area contributed by atoms with Crippen molar-refractivity contribution in [3.8, 4) is 0 Å². The summed E-state index contributed by atoms with van der Waals surface area (Å²) >= 11 is 4.94. The monoisotopic (exact) mass is 2040 g/mol. The molecule has 0 aliphatic carbocycles. The lowest BCUT2D eigenvalue weighted by Crippen LogP contribution is -2.41. The van der Waals surface area contributed by atoms with Crippen LogP contribution in [0.5, 0.6) is 0 Å². The number of nitrogens with two attached hydrogens (primary N) is 5. The lowest BCUT2D eigenvalue weighted by atomic mass is 10.1. The molecule has 0 spiro atoms. The minimum absolute atomic E-state index is 0.00609. The van der Waals surface area contributed by atoms with Gasteiger partial charge >= 0.3 is 61.3 Å². The molecule has 0 aromatic carbocycles. The number of alkyl halides is 1. The van der Waals surface area contributed by atoms with Gasteiger partial charge in [0.15, 0.2) is 90.1 Å². The summed E-state index contributed by atoms with van der Waals surface area (Å²) in [5, 5.41) is 23.3. The van der Waals surface area contributed by atoms with E-state index in [4.69, 9.17) is 115 Å². The van der Waals surface area contributed by atoms with Gasteiger partial charge < -0.3 is 115 Å². The van der Waals surface area contributed by atoms with Gasteiger partial charge in [0.2, 0.25) is 29.7 Å². The number of esters is 7. The molecule has 754 valence electrons. The van der Waals surface area contributed by atoms with Crippen LogP contribution in [0.25, 0.3) is 51.8 Å². The Morgan fingerprint density at radius 3 is 1.17 bits per heavy atom. The number of nitrogen functional groups attached to an aromatic ring is 5. The Balaban J connectivity index is 0.000000168. The fourth-order valence-corrected chi connectivity index (χ4v) is 19.4. The maximum Gasteiger partial charge on any atom is 0.311 e. The van der Waals surface area contributed by atoms with Gasteiger partial charge in [0.1, 0.15) is 87.4 Å². The van der Waals surface area contributed by atoms with E-state index in [1.165, 1.54) is 141 Å². The molecule has 0 radical (unpaired) electrons. The molecule has 139 heavy (non-hydrogen) atoms. The molecule has 0 unspecified atom stereocenters. The second-order valence-electron chi connectivity index (χ2n) is 31.2. The highest BCUT2D eigenvalue weighted by atomic mass is 32.2. The molecule has 5 saturated heterocycles. The van der Waals surface area contributed by atoms with Crippen molar-refractivity contribution in [2.24, 2.45) is 5.11 Å². The zero-order valence-electron chi connectivity index (χ0n) is 76.7. The molecule has 58 heteroatoms. The number of carbonyl (C=O) groups is 7. The lowest BCUT2D eigenvalue weighted by Gasteiger charge is -2.27. The smallest absolute Gasteiger partial charge is 0.311 e. The highest BCUT2D eigenvalue weighted by Crippen LogP contribution is 2.48. The standard InChI is InChI=1S/C22H32N4O7S.C18H24N4O7S.C15H17N7O5S.C15H18N4O7S.C11H13FN4O3S/c1-4-5-6-7-8-9-10-30-17-15(12-31-13(2)27)33-20(18(17)32-14(3)28)26-19-16(34-22(26)29)11-24-21(23)25-19;1-4-5-6-26-13-11(8-27-9(2)23)29-16(14(13)28-10(3)24)22-15-12(30-18(22)25)7-20-17(19)21-15;1-6(2)26-11-10(20-21-17)8(5-25-7(3)23)27-13(11)22-12-9(28-15(22)24)4-18-14(16)19-12;1-6(20)24-5-8-10(23-3)11(25-7(2)21)13(26-8)19-12-9(27-15(19)22)4-17-14(16)18-12;1-4-16(9-6(20-4)2-14-11(13)15-9)10-8(18)7(12)5(3-17)19-10/h11,15,17-18,20H,4-10,12H2,1-3H3,(H2,23,24,25);7,11,13-14,16H,4-6,8H2,1-3H3,(H2,19,20,21);4,8,10-11,13H,1,5H2,2-3H3,(H2,16,18,19);4,8,10-11,13H,5H2,1-3H3,(H2,16,17,18);2,5,7-8,10,17-18H,1,3H2,(H2,13,14,15)/t15-,17+,18-,20-;11-,13+,14-,16-;8-,10-,11-,13-;8-,10+,11-,13-;5-,7+,8-,10-/m11111/s1. The zero-order valence-corrected chi connectivity index (χ0v) is 80.8. The first kappa shape index (κ1) is 107. The fraction of sp³-hybridized carbons (Fsp3) is 0.568. The quantitative estimate of drug-likeness (QED) is 0.00553. The SMILES string of the molecule is C=C(C)O[C@@H]1[C@H](N=[N+]=[N-])[C@@H](COC(C)=O)O[C@H]1n1c(=O)sc2cnc(N)nc21.C=C1Sc2cnc(N)nc2N1[C@@H]1O[C@H](CO)[C@H](F)[C@H]1O.CCCCCCCCO[C@@H]1[C@@H](OC(C)=O)[C@H](n2c(=O)sc3cnc(N)nc32)O[C@@H]1COC(C)=O.CCCCO[C@@H]1[C@@H](OC(C)=O)[C@H](n2c(=O)sc3cnc(N)nc32)O[C@@H]1COC(C)=O.CO[C@@H]1[C@@H](OC(C)=O)[C@H](n2c(=O)sc3cnc(N)nc32)O[C@@H]1COC(C)=O. The molecule has 0 amide bonds. The molecule has 5 fully saturated rings. The van der Waals surface area contributed by atoms with Gasteiger partial charge in [0.05, 0.1) is 65.9 Å². The summed E-state index contributed by atoms with van der Waals surface area (Å²) in [4.78, 5) is 175. The summed E-state index contributed by atoms with van der Waals surface area (Å²) in [6, 6.07) is -0.882. The number of halogens is 1. The van der Waals surface area contributed by atoms with Gasteiger partial charge in [-0.3, -0.25) is 75.9 Å². The van der Waals surface area contributed by atoms with Crippen molar-refractivity contribution in [3.05, 3.63) is 104 Å². The second kappa shape index (κ2) is 49.0. The highest BCUT2D eigenvalue weighted by molar-refractivity contribution is 8.03. The third kappa shape index (κ3) is 26.5. The number of aliphatic hydroxyl groups excluding tert-OH is 2. The number of thioether (sulfide) groups is 1. The number of hydrogen-bond donors (Lipinski definition) is 7. The minimum Gasteiger partial charge on any atom is -0.490 e. The molecule has 12 N–H and O–H groups in total. The number of aromatic nitrogens is 14. The number of carbonyl (C=O) groups excluding carboxylic acids is 7. The molecule has 15 heterocycles. The highest BCUT2D eigenvalue weighted by Gasteiger charge is 2.55. The number of allylic oxidation sites excluding steroid dienone is 1. The van der Waals surface area contributed by atoms with E-state index < -0.39 is 176 Å². The van der Waals surface area contributed by atoms with Crippen LogP contribution in [0.1, 0.15) is 146 Å². The number of anilines is 6. The van der Waals surface area contributed by atoms with Gasteiger partial charge in [-0.25, -0.2) is 29.3 Å². The van der Waals surface area contributed by atoms with E-state index in [9.17, 15) is 62.2 Å². The number of thiazole rings is 4. The number of methoxy groups -OCH3 is 1. The van der Waals surface area contributed by atoms with Crippen molar-refractivity contribution in [1.29, 1.82) is 0 Å². The van der Waals surface area contributed by atoms with E-state index in [0.717, 1.165) is 77.5 Å². The predicted molar refractivity (Wildman–Crippen MR) is 495 cm³/mol. The maximum absolute atomic E-state index is 13.8. The third-order valence-electron chi connectivity index (χ3n) is 21.0. The Bertz CT molecular complexity index is 6220. The Labute approximate surface area is 807 Å². The van der Waals surface area contributed by atoms with Crippen LogP contribution in [-0.4, -0.2) is 271 Å². The Kier molecular flexibility index (Phi) is 37.8. The van der Waals surface area contributed by atoms with Gasteiger partial charge in [-0.05, 0) is 25.3 Å². The van der Waals surface area contributed by atoms with Gasteiger partial charge in [-0.1, -0.05) is 128 Å². The molecule has 6 aliphatic heterocycles. The third-order valence-corrected chi connectivity index (χ3v) is 25.5. The first-order valence-electron chi connectivity index (χ1n) is 43.0. The van der Waals surface area contributed by atoms with Crippen LogP contribution in [0, 0.1) is 0 Å². The van der Waals surface area contributed by atoms with E-state index in [1.807, 2.05) is 6.92 Å². The van der Waals surface area contributed by atoms with E-state index in [0.29, 0.717) is 53.5 Å². The minimum atomic E-state index is -1.67. The number of azide groups is 1. The summed E-state index contributed by atoms with van der Waals surface area (Å²) in [6.45, 7) is 21.9. The van der Waals surface area contributed by atoms with Crippen LogP contribution in [0.3, 0.4) is 0 Å². The first-order chi connectivity index (χ1) is 66.3. The molecule has 9 aromatic heterocycles. The topological polar surface area (TPSA) is 707 Å². The van der Waals surface area contributed by atoms with Gasteiger partial charge in [-0.2, -0.15) is 24.9 Å². The molecule has 0 saturated carbocycles. The number of unbranched alkanes of at least 4 members (excludes halogenated alkanes) is 6. The van der Waals surface area contributed by atoms with Crippen LogP contribution in [0.15, 0.2) is 84.1 Å². The molecule has 15 rings (SSSR count). The first-order valence-corrected chi connectivity index (χ1v) is 47.1. The molecule has 0 bridgehead atoms. The number of rotatable bonds is 33. The summed E-state index contributed by atoms with van der Waals surface area (Å²) in [5.74, 6) is -2.94. The van der Waals surface area contributed by atoms with Crippen LogP contribution < -0.4 is 53.1 Å². The van der Waals surface area contributed by atoms with Crippen LogP contribution in [0.2, 0.25) is 0 Å². The largest absolute Gasteiger partial charge is 0.490 e. The van der Waals surface area contributed by atoms with Crippen molar-refractivity contribution < 1.29 is 124 Å². The lowest BCUT2D eigenvalue weighted by molar-refractivity contribution is -0.158. The van der Waals surface area contributed by atoms with Crippen molar-refractivity contribution in [3.63, 3.8) is 0 Å². The Morgan fingerprint density at radius 2 is 0.806 bits per heavy atom. The predicted octanol–water partition coefficient (Wildman–Crippen LogP) is 4.78. The normalized spacial score (nSPS) is 24.9. The van der Waals surface area contributed by atoms with Crippen LogP contribution in [-0.2, 0) is 109 Å². The van der Waals surface area contributed by atoms with Crippen molar-refractivity contribution in [1.82, 2.24) is 68.1 Å². The molecule has 20 atom stereocenters. The molecular weight excluding hydrogens is 1940 g/mol. The summed E-state index contributed by atoms with van der Waals surface area (Å²) < 4.78 is 110. The number of aliphatic hydroxyl groups is 2. The van der Waals surface area contributed by atoms with E-state index in [-0.39, 0.29) is 93.4 Å². The average Bonchev–Trinajstić information content (AvgIpc) is 1.68. The maximum atomic E-state index is 13.8. The average molecular weight is 2040 g/mol. The van der Waals surface area contributed by atoms with E-state index in [1.54, 1.807) is 6.92 Å². The van der Waals surface area contributed by atoms with Gasteiger partial charge in [0.25, 0.3) is 0 Å². The van der Waals surface area contributed by atoms with E-state index >= 15 is 0 Å². The number of fused-ring (bicyclic) bond motifs is 5. The van der Waals surface area contributed by atoms with Gasteiger partial charge in [-0.15, -0.1) is 0 Å². The Morgan fingerprint density at radius 1 is 0.468 bits per heavy atom. The second-order valence-corrected chi connectivity index (χ2v) is 36.3. The fourth-order valence-electron chi connectivity index (χ4n) is 15.2. The summed E-state index contributed by atoms with van der Waals surface area (Å²) in [7, 11) is 1.41. The van der Waals surface area contributed by atoms with Crippen LogP contribution >= 0.6 is 57.1 Å². The van der Waals surface area contributed by atoms with Gasteiger partial charge in [0, 0.05) is 79.9 Å². The van der Waals surface area contributed by atoms with Crippen molar-refractivity contribution in [2.45, 2.75) is 248 Å². The summed E-state index contributed by atoms with van der Waals surface area (Å²) in [6.07, 6.45) is -2.91. The Hall–Kier alpha value is -12.3. The summed E-state index contributed by atoms with van der Waals surface area (Å²) in [5.41, 5.74) is 38.3. The molecule has 6 aliphatic rings. The molecular formula is C81H104FN23O29S5. The molecule has 52 nitrogen and oxygen atoms in total.